The lowest BCUT2D eigenvalue weighted by molar-refractivity contribution is 0.437. The minimum absolute atomic E-state index is 0.547. The minimum atomic E-state index is 0.547. The molecular formula is C19H21N7. The molecule has 4 aromatic heterocycles. The molecule has 1 fully saturated rings. The first-order chi connectivity index (χ1) is 12.8. The van der Waals surface area contributed by atoms with E-state index in [1.54, 1.807) is 6.20 Å². The Morgan fingerprint density at radius 3 is 2.85 bits per heavy atom. The highest BCUT2D eigenvalue weighted by atomic mass is 15.3. The van der Waals surface area contributed by atoms with Crippen molar-refractivity contribution in [1.29, 1.82) is 0 Å². The summed E-state index contributed by atoms with van der Waals surface area (Å²) in [4.78, 5) is 12.5. The van der Waals surface area contributed by atoms with Gasteiger partial charge in [-0.2, -0.15) is 10.2 Å². The van der Waals surface area contributed by atoms with Gasteiger partial charge < -0.3 is 4.98 Å². The molecule has 1 saturated carbocycles. The molecule has 0 aromatic carbocycles. The van der Waals surface area contributed by atoms with Crippen LogP contribution in [0.15, 0.2) is 30.7 Å². The summed E-state index contributed by atoms with van der Waals surface area (Å²) in [5.41, 5.74) is 5.91. The van der Waals surface area contributed by atoms with Crippen molar-refractivity contribution in [3.05, 3.63) is 36.4 Å². The average molecular weight is 347 g/mol. The Kier molecular flexibility index (Phi) is 3.58. The van der Waals surface area contributed by atoms with Crippen LogP contribution >= 0.6 is 0 Å². The van der Waals surface area contributed by atoms with Crippen LogP contribution < -0.4 is 0 Å². The Bertz CT molecular complexity index is 1030. The second kappa shape index (κ2) is 6.09. The van der Waals surface area contributed by atoms with Gasteiger partial charge in [0, 0.05) is 36.6 Å². The first kappa shape index (κ1) is 15.3. The fourth-order valence-corrected chi connectivity index (χ4v) is 4.03. The van der Waals surface area contributed by atoms with Gasteiger partial charge >= 0.3 is 0 Å². The molecule has 0 aliphatic heterocycles. The maximum absolute atomic E-state index is 4.82. The molecule has 4 heterocycles. The quantitative estimate of drug-likeness (QED) is 0.590. The van der Waals surface area contributed by atoms with E-state index in [4.69, 9.17) is 4.98 Å². The maximum Gasteiger partial charge on any atom is 0.177 e. The van der Waals surface area contributed by atoms with Gasteiger partial charge in [0.2, 0.25) is 0 Å². The topological polar surface area (TPSA) is 88.1 Å². The van der Waals surface area contributed by atoms with Gasteiger partial charge in [0.05, 0.1) is 11.8 Å². The van der Waals surface area contributed by atoms with E-state index in [2.05, 4.69) is 25.3 Å². The summed E-state index contributed by atoms with van der Waals surface area (Å²) < 4.78 is 1.82. The van der Waals surface area contributed by atoms with Crippen LogP contribution in [0.5, 0.6) is 0 Å². The van der Waals surface area contributed by atoms with Crippen molar-refractivity contribution >= 4 is 11.2 Å². The van der Waals surface area contributed by atoms with Gasteiger partial charge in [-0.1, -0.05) is 19.3 Å². The lowest BCUT2D eigenvalue weighted by Crippen LogP contribution is -2.06. The molecule has 0 amide bonds. The van der Waals surface area contributed by atoms with Crippen LogP contribution in [0.3, 0.4) is 0 Å². The molecule has 26 heavy (non-hydrogen) atoms. The summed E-state index contributed by atoms with van der Waals surface area (Å²) >= 11 is 0. The Morgan fingerprint density at radius 1 is 1.15 bits per heavy atom. The number of hydrogen-bond donors (Lipinski definition) is 2. The number of pyridine rings is 1. The standard InChI is InChI=1S/C19H21N7/c1-26-19-17(16(25-26)13-8-5-9-20-10-13)22-18(23-19)14-11-21-24-15(14)12-6-3-2-4-7-12/h5,8-12H,2-4,6-7H2,1H3,(H,21,24)(H,22,23). The fourth-order valence-electron chi connectivity index (χ4n) is 4.03. The molecular weight excluding hydrogens is 326 g/mol. The maximum atomic E-state index is 4.82. The fraction of sp³-hybridized carbons (Fsp3) is 0.368. The van der Waals surface area contributed by atoms with Crippen molar-refractivity contribution in [2.75, 3.05) is 0 Å². The number of hydrogen-bond acceptors (Lipinski definition) is 4. The molecule has 5 rings (SSSR count). The van der Waals surface area contributed by atoms with Crippen LogP contribution in [0.2, 0.25) is 0 Å². The predicted molar refractivity (Wildman–Crippen MR) is 99.5 cm³/mol. The number of H-pyrrole nitrogens is 2. The molecule has 0 bridgehead atoms. The summed E-state index contributed by atoms with van der Waals surface area (Å²) in [5, 5.41) is 12.2. The second-order valence-corrected chi connectivity index (χ2v) is 7.03. The van der Waals surface area contributed by atoms with Gasteiger partial charge in [0.1, 0.15) is 17.0 Å². The van der Waals surface area contributed by atoms with Gasteiger partial charge in [-0.3, -0.25) is 10.1 Å². The number of aryl methyl sites for hydroxylation is 1. The molecule has 132 valence electrons. The lowest BCUT2D eigenvalue weighted by Gasteiger charge is -2.21. The summed E-state index contributed by atoms with van der Waals surface area (Å²) in [6.07, 6.45) is 11.8. The van der Waals surface area contributed by atoms with Crippen molar-refractivity contribution in [3.63, 3.8) is 0 Å². The largest absolute Gasteiger partial charge is 0.335 e. The predicted octanol–water partition coefficient (Wildman–Crippen LogP) is 3.80. The van der Waals surface area contributed by atoms with E-state index in [-0.39, 0.29) is 0 Å². The second-order valence-electron chi connectivity index (χ2n) is 7.03. The molecule has 7 nitrogen and oxygen atoms in total. The number of aromatic nitrogens is 7. The van der Waals surface area contributed by atoms with E-state index in [1.807, 2.05) is 36.3 Å². The molecule has 1 aliphatic carbocycles. The van der Waals surface area contributed by atoms with E-state index in [1.165, 1.54) is 37.8 Å². The number of nitrogens with zero attached hydrogens (tertiary/aromatic N) is 5. The zero-order valence-electron chi connectivity index (χ0n) is 14.7. The summed E-state index contributed by atoms with van der Waals surface area (Å²) in [5.74, 6) is 1.40. The van der Waals surface area contributed by atoms with Gasteiger partial charge in [0.25, 0.3) is 0 Å². The van der Waals surface area contributed by atoms with E-state index in [0.29, 0.717) is 5.92 Å². The molecule has 2 N–H and O–H groups in total. The van der Waals surface area contributed by atoms with Crippen molar-refractivity contribution < 1.29 is 0 Å². The molecule has 4 aromatic rings. The van der Waals surface area contributed by atoms with Crippen molar-refractivity contribution in [2.45, 2.75) is 38.0 Å². The molecule has 0 radical (unpaired) electrons. The molecule has 7 heteroatoms. The zero-order valence-corrected chi connectivity index (χ0v) is 14.7. The molecule has 0 saturated heterocycles. The normalized spacial score (nSPS) is 15.7. The van der Waals surface area contributed by atoms with Gasteiger partial charge in [0.15, 0.2) is 5.65 Å². The third-order valence-corrected chi connectivity index (χ3v) is 5.35. The Morgan fingerprint density at radius 2 is 2.04 bits per heavy atom. The highest BCUT2D eigenvalue weighted by molar-refractivity contribution is 5.90. The van der Waals surface area contributed by atoms with E-state index in [0.717, 1.165) is 33.8 Å². The first-order valence-electron chi connectivity index (χ1n) is 9.18. The van der Waals surface area contributed by atoms with Crippen molar-refractivity contribution in [2.24, 2.45) is 7.05 Å². The van der Waals surface area contributed by atoms with Gasteiger partial charge in [-0.05, 0) is 25.0 Å². The van der Waals surface area contributed by atoms with Crippen LogP contribution in [0.1, 0.15) is 43.7 Å². The highest BCUT2D eigenvalue weighted by Gasteiger charge is 2.24. The first-order valence-corrected chi connectivity index (χ1v) is 9.18. The van der Waals surface area contributed by atoms with Crippen LogP contribution in [0, 0.1) is 0 Å². The van der Waals surface area contributed by atoms with Gasteiger partial charge in [-0.25, -0.2) is 9.67 Å². The smallest absolute Gasteiger partial charge is 0.177 e. The zero-order chi connectivity index (χ0) is 17.5. The Hall–Kier alpha value is -2.96. The van der Waals surface area contributed by atoms with E-state index >= 15 is 0 Å². The summed E-state index contributed by atoms with van der Waals surface area (Å²) in [7, 11) is 1.92. The monoisotopic (exact) mass is 347 g/mol. The van der Waals surface area contributed by atoms with Crippen LogP contribution in [0.4, 0.5) is 0 Å². The SMILES string of the molecule is Cn1nc(-c2cccnc2)c2[nH]c(-c3cn[nH]c3C3CCCCC3)nc21. The lowest BCUT2D eigenvalue weighted by atomic mass is 9.85. The minimum Gasteiger partial charge on any atom is -0.335 e. The van der Waals surface area contributed by atoms with Crippen LogP contribution in [0.25, 0.3) is 33.8 Å². The summed E-state index contributed by atoms with van der Waals surface area (Å²) in [6.45, 7) is 0. The molecule has 0 unspecified atom stereocenters. The molecule has 1 aliphatic rings. The molecule has 0 atom stereocenters. The third-order valence-electron chi connectivity index (χ3n) is 5.35. The Labute approximate surface area is 150 Å². The van der Waals surface area contributed by atoms with Crippen molar-refractivity contribution in [1.82, 2.24) is 34.9 Å². The summed E-state index contributed by atoms with van der Waals surface area (Å²) in [6, 6.07) is 3.94. The van der Waals surface area contributed by atoms with Crippen LogP contribution in [-0.4, -0.2) is 34.9 Å². The highest BCUT2D eigenvalue weighted by Crippen LogP contribution is 2.37. The molecule has 0 spiro atoms. The third kappa shape index (κ3) is 2.42. The number of imidazole rings is 1. The average Bonchev–Trinajstić information content (AvgIpc) is 3.39. The number of rotatable bonds is 3. The number of nitrogens with one attached hydrogen (secondary N) is 2. The number of aromatic amines is 2. The van der Waals surface area contributed by atoms with E-state index < -0.39 is 0 Å². The van der Waals surface area contributed by atoms with Crippen LogP contribution in [-0.2, 0) is 7.05 Å². The Balaban J connectivity index is 1.60. The number of fused-ring (bicyclic) bond motifs is 1. The van der Waals surface area contributed by atoms with Crippen molar-refractivity contribution in [3.8, 4) is 22.6 Å². The van der Waals surface area contributed by atoms with E-state index in [9.17, 15) is 0 Å². The van der Waals surface area contributed by atoms with Gasteiger partial charge in [-0.15, -0.1) is 0 Å².